The molecule has 0 aromatic heterocycles. The van der Waals surface area contributed by atoms with E-state index in [0.29, 0.717) is 19.4 Å². The summed E-state index contributed by atoms with van der Waals surface area (Å²) in [6, 6.07) is 0. The number of unbranched alkanes of at least 4 members (excludes halogenated alkanes) is 1. The van der Waals surface area contributed by atoms with Gasteiger partial charge in [-0.2, -0.15) is 0 Å². The number of carbonyl (C=O) groups excluding carboxylic acids is 2. The van der Waals surface area contributed by atoms with Crippen molar-refractivity contribution >= 4 is 11.9 Å². The maximum absolute atomic E-state index is 12.4. The molecule has 0 unspecified atom stereocenters. The molecule has 0 radical (unpaired) electrons. The lowest BCUT2D eigenvalue weighted by molar-refractivity contribution is -0.910. The van der Waals surface area contributed by atoms with Crippen LogP contribution in [0.3, 0.4) is 0 Å². The van der Waals surface area contributed by atoms with Crippen molar-refractivity contribution in [3.63, 3.8) is 0 Å². The maximum atomic E-state index is 12.4. The Hall–Kier alpha value is -1.14. The Bertz CT molecular complexity index is 394. The average molecular weight is 314 g/mol. The lowest BCUT2D eigenvalue weighted by Gasteiger charge is -2.26. The highest BCUT2D eigenvalue weighted by Gasteiger charge is 2.56. The molecule has 2 aliphatic heterocycles. The van der Waals surface area contributed by atoms with Crippen molar-refractivity contribution in [2.24, 2.45) is 5.41 Å². The normalized spacial score (nSPS) is 29.4. The van der Waals surface area contributed by atoms with Gasteiger partial charge in [-0.25, -0.2) is 0 Å². The van der Waals surface area contributed by atoms with Gasteiger partial charge in [-0.15, -0.1) is 0 Å². The minimum absolute atomic E-state index is 0.193. The third-order valence-corrected chi connectivity index (χ3v) is 4.58. The number of ether oxygens (including phenoxy) is 3. The SMILES string of the molecule is CCCC[C@@]1(C(=O)OCC)C[C@H](C[NH+]2CCOCC2)OC1=O. The Morgan fingerprint density at radius 3 is 2.73 bits per heavy atom. The Balaban J connectivity index is 2.02. The van der Waals surface area contributed by atoms with Gasteiger partial charge < -0.3 is 19.1 Å². The summed E-state index contributed by atoms with van der Waals surface area (Å²) >= 11 is 0. The smallest absolute Gasteiger partial charge is 0.324 e. The zero-order chi connectivity index (χ0) is 16.0. The molecule has 2 atom stereocenters. The summed E-state index contributed by atoms with van der Waals surface area (Å²) in [4.78, 5) is 26.2. The first kappa shape index (κ1) is 17.2. The zero-order valence-electron chi connectivity index (χ0n) is 13.7. The number of morpholine rings is 1. The number of rotatable bonds is 7. The summed E-state index contributed by atoms with van der Waals surface area (Å²) in [5.74, 6) is -0.801. The summed E-state index contributed by atoms with van der Waals surface area (Å²) in [5.41, 5.74) is -1.08. The molecule has 0 aliphatic carbocycles. The summed E-state index contributed by atoms with van der Waals surface area (Å²) in [7, 11) is 0. The number of cyclic esters (lactones) is 1. The summed E-state index contributed by atoms with van der Waals surface area (Å²) in [5, 5.41) is 0. The largest absolute Gasteiger partial charge is 0.465 e. The molecule has 0 amide bonds. The van der Waals surface area contributed by atoms with Crippen LogP contribution < -0.4 is 4.90 Å². The van der Waals surface area contributed by atoms with Crippen LogP contribution in [-0.4, -0.2) is 57.5 Å². The van der Waals surface area contributed by atoms with Crippen molar-refractivity contribution in [3.05, 3.63) is 0 Å². The fourth-order valence-electron chi connectivity index (χ4n) is 3.30. The summed E-state index contributed by atoms with van der Waals surface area (Å²) < 4.78 is 16.1. The van der Waals surface area contributed by atoms with Crippen molar-refractivity contribution < 1.29 is 28.7 Å². The molecule has 22 heavy (non-hydrogen) atoms. The fraction of sp³-hybridized carbons (Fsp3) is 0.875. The predicted octanol–water partition coefficient (Wildman–Crippen LogP) is -0.0433. The van der Waals surface area contributed by atoms with Crippen molar-refractivity contribution in [1.82, 2.24) is 0 Å². The van der Waals surface area contributed by atoms with Crippen molar-refractivity contribution in [2.75, 3.05) is 39.5 Å². The molecule has 0 aromatic rings. The first-order chi connectivity index (χ1) is 10.6. The van der Waals surface area contributed by atoms with Gasteiger partial charge in [-0.1, -0.05) is 19.8 Å². The van der Waals surface area contributed by atoms with Crippen LogP contribution >= 0.6 is 0 Å². The zero-order valence-corrected chi connectivity index (χ0v) is 13.7. The van der Waals surface area contributed by atoms with Crippen LogP contribution in [0.2, 0.25) is 0 Å². The number of nitrogens with one attached hydrogen (secondary N) is 1. The van der Waals surface area contributed by atoms with E-state index in [1.807, 2.05) is 0 Å². The second-order valence-corrected chi connectivity index (χ2v) is 6.20. The minimum atomic E-state index is -1.08. The molecule has 0 bridgehead atoms. The van der Waals surface area contributed by atoms with Gasteiger partial charge in [0.25, 0.3) is 0 Å². The molecule has 2 heterocycles. The van der Waals surface area contributed by atoms with Gasteiger partial charge in [0.2, 0.25) is 0 Å². The third-order valence-electron chi connectivity index (χ3n) is 4.58. The van der Waals surface area contributed by atoms with E-state index >= 15 is 0 Å². The van der Waals surface area contributed by atoms with E-state index in [0.717, 1.165) is 45.7 Å². The van der Waals surface area contributed by atoms with E-state index in [4.69, 9.17) is 14.2 Å². The summed E-state index contributed by atoms with van der Waals surface area (Å²) in [6.45, 7) is 8.20. The van der Waals surface area contributed by atoms with Crippen LogP contribution in [-0.2, 0) is 23.8 Å². The van der Waals surface area contributed by atoms with Gasteiger partial charge in [-0.3, -0.25) is 9.59 Å². The molecule has 6 heteroatoms. The molecule has 0 spiro atoms. The first-order valence-corrected chi connectivity index (χ1v) is 8.42. The molecule has 2 rings (SSSR count). The van der Waals surface area contributed by atoms with Crippen molar-refractivity contribution in [2.45, 2.75) is 45.6 Å². The van der Waals surface area contributed by atoms with E-state index in [9.17, 15) is 9.59 Å². The van der Waals surface area contributed by atoms with Gasteiger partial charge >= 0.3 is 11.9 Å². The molecular weight excluding hydrogens is 286 g/mol. The number of hydrogen-bond acceptors (Lipinski definition) is 5. The lowest BCUT2D eigenvalue weighted by Crippen LogP contribution is -3.15. The van der Waals surface area contributed by atoms with Crippen molar-refractivity contribution in [3.8, 4) is 0 Å². The number of hydrogen-bond donors (Lipinski definition) is 1. The molecule has 0 saturated carbocycles. The van der Waals surface area contributed by atoms with Crippen LogP contribution in [0.1, 0.15) is 39.5 Å². The Labute approximate surface area is 132 Å². The number of quaternary nitrogens is 1. The Kier molecular flexibility index (Phi) is 6.20. The minimum Gasteiger partial charge on any atom is -0.465 e. The average Bonchev–Trinajstić information content (AvgIpc) is 2.83. The van der Waals surface area contributed by atoms with E-state index < -0.39 is 17.4 Å². The molecule has 2 fully saturated rings. The van der Waals surface area contributed by atoms with Gasteiger partial charge in [0.05, 0.1) is 19.8 Å². The fourth-order valence-corrected chi connectivity index (χ4v) is 3.30. The Morgan fingerprint density at radius 1 is 1.36 bits per heavy atom. The van der Waals surface area contributed by atoms with Crippen LogP contribution in [0.5, 0.6) is 0 Å². The Morgan fingerprint density at radius 2 is 2.09 bits per heavy atom. The van der Waals surface area contributed by atoms with E-state index in [1.54, 1.807) is 6.92 Å². The van der Waals surface area contributed by atoms with E-state index in [2.05, 4.69) is 6.92 Å². The number of esters is 2. The molecule has 126 valence electrons. The first-order valence-electron chi connectivity index (χ1n) is 8.42. The second-order valence-electron chi connectivity index (χ2n) is 6.20. The molecular formula is C16H28NO5+. The van der Waals surface area contributed by atoms with Gasteiger partial charge in [0, 0.05) is 6.42 Å². The summed E-state index contributed by atoms with van der Waals surface area (Å²) in [6.07, 6.45) is 2.55. The maximum Gasteiger partial charge on any atom is 0.324 e. The van der Waals surface area contributed by atoms with Crippen LogP contribution in [0.25, 0.3) is 0 Å². The third kappa shape index (κ3) is 3.79. The molecule has 1 N–H and O–H groups in total. The second kappa shape index (κ2) is 7.92. The highest BCUT2D eigenvalue weighted by atomic mass is 16.6. The van der Waals surface area contributed by atoms with E-state index in [-0.39, 0.29) is 6.10 Å². The van der Waals surface area contributed by atoms with Gasteiger partial charge in [0.1, 0.15) is 19.6 Å². The van der Waals surface area contributed by atoms with Crippen LogP contribution in [0, 0.1) is 5.41 Å². The quantitative estimate of drug-likeness (QED) is 0.527. The topological polar surface area (TPSA) is 66.3 Å². The van der Waals surface area contributed by atoms with Crippen LogP contribution in [0.4, 0.5) is 0 Å². The highest BCUT2D eigenvalue weighted by molar-refractivity contribution is 6.01. The molecule has 2 saturated heterocycles. The van der Waals surface area contributed by atoms with Gasteiger partial charge in [0.15, 0.2) is 11.5 Å². The molecule has 2 aliphatic rings. The van der Waals surface area contributed by atoms with Crippen molar-refractivity contribution in [1.29, 1.82) is 0 Å². The highest BCUT2D eigenvalue weighted by Crippen LogP contribution is 2.39. The number of carbonyl (C=O) groups is 2. The predicted molar refractivity (Wildman–Crippen MR) is 79.5 cm³/mol. The standard InChI is InChI=1S/C16H27NO5/c1-3-5-6-16(14(18)21-4-2)11-13(22-15(16)19)12-17-7-9-20-10-8-17/h13H,3-12H2,1-2H3/p+1/t13-,16+/m1/s1. The lowest BCUT2D eigenvalue weighted by atomic mass is 9.80. The molecule has 0 aromatic carbocycles. The van der Waals surface area contributed by atoms with Gasteiger partial charge in [-0.05, 0) is 13.3 Å². The monoisotopic (exact) mass is 314 g/mol. The van der Waals surface area contributed by atoms with E-state index in [1.165, 1.54) is 4.90 Å². The molecule has 6 nitrogen and oxygen atoms in total. The van der Waals surface area contributed by atoms with Crippen LogP contribution in [0.15, 0.2) is 0 Å².